The number of benzene rings is 1. The summed E-state index contributed by atoms with van der Waals surface area (Å²) in [6.07, 6.45) is 0.677. The van der Waals surface area contributed by atoms with E-state index < -0.39 is 17.7 Å². The number of ether oxygens (including phenoxy) is 1. The van der Waals surface area contributed by atoms with Gasteiger partial charge in [0.1, 0.15) is 11.5 Å². The molecule has 3 rings (SSSR count). The molecule has 1 atom stereocenters. The van der Waals surface area contributed by atoms with Crippen LogP contribution >= 0.6 is 0 Å². The Balaban J connectivity index is 2.16. The predicted molar refractivity (Wildman–Crippen MR) is 127 cm³/mol. The van der Waals surface area contributed by atoms with E-state index in [1.165, 1.54) is 0 Å². The number of hydrogen-bond donors (Lipinski definition) is 1. The summed E-state index contributed by atoms with van der Waals surface area (Å²) >= 11 is 0. The molecule has 33 heavy (non-hydrogen) atoms. The fourth-order valence-electron chi connectivity index (χ4n) is 4.30. The number of carbonyl (C=O) groups excluding carboxylic acids is 2. The fourth-order valence-corrected chi connectivity index (χ4v) is 4.30. The normalized spacial score (nSPS) is 18.1. The van der Waals surface area contributed by atoms with E-state index in [0.29, 0.717) is 30.0 Å². The van der Waals surface area contributed by atoms with E-state index in [2.05, 4.69) is 5.10 Å². The number of ketones is 1. The highest BCUT2D eigenvalue weighted by Gasteiger charge is 2.46. The fraction of sp³-hybridized carbons (Fsp3) is 0.480. The standard InChI is InChI=1S/C25H34N4O4/c1-15(2)33-19-11-8-10-18(14-19)22-21(23(30)20-16(3)26-28(7)17(20)4)24(31)25(32)29(22)13-9-12-27(5)6/h8,10-11,14-15,22,30H,9,12-13H2,1-7H3/t22-/m0/s1. The third-order valence-corrected chi connectivity index (χ3v) is 5.84. The predicted octanol–water partition coefficient (Wildman–Crippen LogP) is 3.20. The van der Waals surface area contributed by atoms with Crippen molar-refractivity contribution in [2.75, 3.05) is 27.2 Å². The van der Waals surface area contributed by atoms with E-state index in [-0.39, 0.29) is 17.4 Å². The van der Waals surface area contributed by atoms with Gasteiger partial charge >= 0.3 is 0 Å². The summed E-state index contributed by atoms with van der Waals surface area (Å²) < 4.78 is 7.51. The van der Waals surface area contributed by atoms with Gasteiger partial charge in [-0.3, -0.25) is 14.3 Å². The van der Waals surface area contributed by atoms with Crippen molar-refractivity contribution in [2.24, 2.45) is 7.05 Å². The Hall–Kier alpha value is -3.13. The first-order valence-corrected chi connectivity index (χ1v) is 11.2. The molecule has 178 valence electrons. The molecule has 1 aliphatic heterocycles. The van der Waals surface area contributed by atoms with Gasteiger partial charge in [0.05, 0.1) is 29.0 Å². The average molecular weight is 455 g/mol. The van der Waals surface area contributed by atoms with Crippen LogP contribution in [-0.2, 0) is 16.6 Å². The number of aromatic nitrogens is 2. The van der Waals surface area contributed by atoms with Crippen molar-refractivity contribution in [3.05, 3.63) is 52.4 Å². The first-order valence-electron chi connectivity index (χ1n) is 11.2. The monoisotopic (exact) mass is 454 g/mol. The van der Waals surface area contributed by atoms with Gasteiger partial charge in [0, 0.05) is 19.3 Å². The van der Waals surface area contributed by atoms with Gasteiger partial charge in [-0.05, 0) is 72.5 Å². The zero-order valence-corrected chi connectivity index (χ0v) is 20.5. The van der Waals surface area contributed by atoms with Crippen molar-refractivity contribution in [1.82, 2.24) is 19.6 Å². The van der Waals surface area contributed by atoms with E-state index in [0.717, 1.165) is 17.8 Å². The Labute approximate surface area is 195 Å². The summed E-state index contributed by atoms with van der Waals surface area (Å²) in [6, 6.07) is 6.68. The Bertz CT molecular complexity index is 1080. The van der Waals surface area contributed by atoms with Gasteiger partial charge in [-0.1, -0.05) is 12.1 Å². The first-order chi connectivity index (χ1) is 15.5. The van der Waals surface area contributed by atoms with Crippen LogP contribution < -0.4 is 4.74 Å². The number of aliphatic hydroxyl groups excluding tert-OH is 1. The lowest BCUT2D eigenvalue weighted by atomic mass is 9.94. The van der Waals surface area contributed by atoms with Crippen LogP contribution in [0.25, 0.3) is 5.76 Å². The van der Waals surface area contributed by atoms with Crippen LogP contribution in [0, 0.1) is 13.8 Å². The number of Topliss-reactive ketones (excluding diaryl/α,β-unsaturated/α-hetero) is 1. The molecule has 1 amide bonds. The van der Waals surface area contributed by atoms with E-state index in [1.807, 2.05) is 64.0 Å². The van der Waals surface area contributed by atoms with Crippen molar-refractivity contribution >= 4 is 17.4 Å². The summed E-state index contributed by atoms with van der Waals surface area (Å²) in [4.78, 5) is 29.9. The number of likely N-dealkylation sites (tertiary alicyclic amines) is 1. The highest BCUT2D eigenvalue weighted by Crippen LogP contribution is 2.41. The van der Waals surface area contributed by atoms with Crippen LogP contribution in [0.3, 0.4) is 0 Å². The maximum absolute atomic E-state index is 13.2. The third-order valence-electron chi connectivity index (χ3n) is 5.84. The number of carbonyl (C=O) groups is 2. The molecule has 1 N–H and O–H groups in total. The minimum Gasteiger partial charge on any atom is -0.507 e. The molecule has 1 saturated heterocycles. The number of rotatable bonds is 8. The Morgan fingerprint density at radius 3 is 2.52 bits per heavy atom. The van der Waals surface area contributed by atoms with E-state index in [1.54, 1.807) is 23.6 Å². The smallest absolute Gasteiger partial charge is 0.295 e. The van der Waals surface area contributed by atoms with Gasteiger partial charge in [0.2, 0.25) is 0 Å². The molecular weight excluding hydrogens is 420 g/mol. The minimum atomic E-state index is -0.707. The number of amides is 1. The van der Waals surface area contributed by atoms with Gasteiger partial charge in [-0.2, -0.15) is 5.10 Å². The molecule has 1 aromatic heterocycles. The van der Waals surface area contributed by atoms with Crippen molar-refractivity contribution in [3.63, 3.8) is 0 Å². The lowest BCUT2D eigenvalue weighted by Crippen LogP contribution is -2.32. The largest absolute Gasteiger partial charge is 0.507 e. The van der Waals surface area contributed by atoms with E-state index in [9.17, 15) is 14.7 Å². The molecule has 0 bridgehead atoms. The van der Waals surface area contributed by atoms with E-state index >= 15 is 0 Å². The number of hydrogen-bond acceptors (Lipinski definition) is 6. The lowest BCUT2D eigenvalue weighted by Gasteiger charge is -2.26. The maximum Gasteiger partial charge on any atom is 0.295 e. The molecular formula is C25H34N4O4. The maximum atomic E-state index is 13.2. The Morgan fingerprint density at radius 2 is 1.94 bits per heavy atom. The molecule has 0 radical (unpaired) electrons. The lowest BCUT2D eigenvalue weighted by molar-refractivity contribution is -0.139. The Morgan fingerprint density at radius 1 is 1.24 bits per heavy atom. The molecule has 8 heteroatoms. The summed E-state index contributed by atoms with van der Waals surface area (Å²) in [5.74, 6) is -0.822. The van der Waals surface area contributed by atoms with Gasteiger partial charge in [0.25, 0.3) is 11.7 Å². The van der Waals surface area contributed by atoms with Gasteiger partial charge in [0.15, 0.2) is 0 Å². The van der Waals surface area contributed by atoms with Gasteiger partial charge < -0.3 is 19.6 Å². The average Bonchev–Trinajstić information content (AvgIpc) is 3.13. The topological polar surface area (TPSA) is 87.9 Å². The summed E-state index contributed by atoms with van der Waals surface area (Å²) in [5, 5.41) is 15.7. The van der Waals surface area contributed by atoms with Crippen LogP contribution in [0.5, 0.6) is 5.75 Å². The summed E-state index contributed by atoms with van der Waals surface area (Å²) in [7, 11) is 5.71. The van der Waals surface area contributed by atoms with Crippen LogP contribution in [0.4, 0.5) is 0 Å². The molecule has 2 aromatic rings. The molecule has 1 aromatic carbocycles. The molecule has 0 saturated carbocycles. The van der Waals surface area contributed by atoms with Crippen LogP contribution in [-0.4, -0.2) is 69.7 Å². The number of aliphatic hydroxyl groups is 1. The number of nitrogens with zero attached hydrogens (tertiary/aromatic N) is 4. The van der Waals surface area contributed by atoms with Gasteiger partial charge in [-0.25, -0.2) is 0 Å². The van der Waals surface area contributed by atoms with Crippen LogP contribution in [0.1, 0.15) is 48.8 Å². The second-order valence-corrected chi connectivity index (χ2v) is 9.06. The van der Waals surface area contributed by atoms with Gasteiger partial charge in [-0.15, -0.1) is 0 Å². The Kier molecular flexibility index (Phi) is 7.27. The van der Waals surface area contributed by atoms with Crippen molar-refractivity contribution < 1.29 is 19.4 Å². The first kappa shape index (κ1) is 24.5. The van der Waals surface area contributed by atoms with E-state index in [4.69, 9.17) is 4.74 Å². The minimum absolute atomic E-state index is 0.0209. The molecule has 0 aliphatic carbocycles. The van der Waals surface area contributed by atoms with Crippen molar-refractivity contribution in [3.8, 4) is 5.75 Å². The summed E-state index contributed by atoms with van der Waals surface area (Å²) in [6.45, 7) is 8.65. The molecule has 1 fully saturated rings. The molecule has 0 spiro atoms. The molecule has 2 heterocycles. The second kappa shape index (κ2) is 9.79. The second-order valence-electron chi connectivity index (χ2n) is 9.06. The molecule has 8 nitrogen and oxygen atoms in total. The highest BCUT2D eigenvalue weighted by atomic mass is 16.5. The summed E-state index contributed by atoms with van der Waals surface area (Å²) in [5.41, 5.74) is 2.62. The SMILES string of the molecule is Cc1nn(C)c(C)c1C(O)=C1C(=O)C(=O)N(CCCN(C)C)[C@H]1c1cccc(OC(C)C)c1. The van der Waals surface area contributed by atoms with Crippen molar-refractivity contribution in [2.45, 2.75) is 46.3 Å². The van der Waals surface area contributed by atoms with Crippen molar-refractivity contribution in [1.29, 1.82) is 0 Å². The third kappa shape index (κ3) is 4.95. The quantitative estimate of drug-likeness (QED) is 0.374. The van der Waals surface area contributed by atoms with Crippen LogP contribution in [0.15, 0.2) is 29.8 Å². The van der Waals surface area contributed by atoms with Crippen LogP contribution in [0.2, 0.25) is 0 Å². The zero-order valence-electron chi connectivity index (χ0n) is 20.5. The molecule has 0 unspecified atom stereocenters. The highest BCUT2D eigenvalue weighted by molar-refractivity contribution is 6.46. The number of aryl methyl sites for hydroxylation is 2. The zero-order chi connectivity index (χ0) is 24.4. The molecule has 1 aliphatic rings.